The third-order valence-electron chi connectivity index (χ3n) is 3.38. The van der Waals surface area contributed by atoms with Gasteiger partial charge in [0.15, 0.2) is 17.9 Å². The molecule has 0 fully saturated rings. The summed E-state index contributed by atoms with van der Waals surface area (Å²) in [7, 11) is 3.62. The van der Waals surface area contributed by atoms with E-state index < -0.39 is 5.60 Å². The maximum absolute atomic E-state index is 9.97. The van der Waals surface area contributed by atoms with Gasteiger partial charge in [0.1, 0.15) is 11.4 Å². The molecule has 2 heterocycles. The summed E-state index contributed by atoms with van der Waals surface area (Å²) < 4.78 is 0. The second kappa shape index (κ2) is 7.63. The third-order valence-corrected chi connectivity index (χ3v) is 3.38. The molecule has 0 bridgehead atoms. The summed E-state index contributed by atoms with van der Waals surface area (Å²) in [5.74, 6) is 1.85. The number of nitrogens with zero attached hydrogens (tertiary/aromatic N) is 3. The fraction of sp³-hybridized carbons (Fsp3) is 0.667. The lowest BCUT2D eigenvalue weighted by Gasteiger charge is -2.31. The van der Waals surface area contributed by atoms with Crippen molar-refractivity contribution in [3.05, 3.63) is 5.69 Å². The van der Waals surface area contributed by atoms with E-state index in [-0.39, 0.29) is 12.8 Å². The molecular weight excluding hydrogens is 308 g/mol. The SMILES string of the molecule is CCCNc1nc(NC)nc2c1NC(NC)NC2=NCC(C)(C)O. The Morgan fingerprint density at radius 3 is 2.58 bits per heavy atom. The minimum atomic E-state index is -0.892. The molecule has 1 aliphatic rings. The highest BCUT2D eigenvalue weighted by atomic mass is 16.3. The van der Waals surface area contributed by atoms with Crippen LogP contribution in [0.4, 0.5) is 17.5 Å². The maximum atomic E-state index is 9.97. The molecule has 9 heteroatoms. The van der Waals surface area contributed by atoms with Gasteiger partial charge in [0.05, 0.1) is 12.1 Å². The van der Waals surface area contributed by atoms with E-state index in [1.807, 2.05) is 7.05 Å². The zero-order valence-corrected chi connectivity index (χ0v) is 15.0. The summed E-state index contributed by atoms with van der Waals surface area (Å²) in [5, 5.41) is 25.9. The van der Waals surface area contributed by atoms with Gasteiger partial charge >= 0.3 is 0 Å². The molecule has 9 nitrogen and oxygen atoms in total. The van der Waals surface area contributed by atoms with Crippen LogP contribution in [0.15, 0.2) is 4.99 Å². The van der Waals surface area contributed by atoms with Crippen molar-refractivity contribution in [2.24, 2.45) is 4.99 Å². The summed E-state index contributed by atoms with van der Waals surface area (Å²) in [6.45, 7) is 6.62. The second-order valence-electron chi connectivity index (χ2n) is 6.28. The van der Waals surface area contributed by atoms with E-state index in [0.29, 0.717) is 17.5 Å². The van der Waals surface area contributed by atoms with Crippen molar-refractivity contribution in [3.63, 3.8) is 0 Å². The number of rotatable bonds is 7. The average molecular weight is 336 g/mol. The van der Waals surface area contributed by atoms with Gasteiger partial charge in [0.25, 0.3) is 0 Å². The van der Waals surface area contributed by atoms with Gasteiger partial charge in [0.2, 0.25) is 5.95 Å². The van der Waals surface area contributed by atoms with Gasteiger partial charge in [-0.05, 0) is 27.3 Å². The second-order valence-corrected chi connectivity index (χ2v) is 6.28. The first-order valence-corrected chi connectivity index (χ1v) is 8.19. The van der Waals surface area contributed by atoms with Gasteiger partial charge in [0, 0.05) is 13.6 Å². The normalized spacial score (nSPS) is 18.6. The average Bonchev–Trinajstić information content (AvgIpc) is 2.56. The molecule has 0 spiro atoms. The molecule has 0 radical (unpaired) electrons. The largest absolute Gasteiger partial charge is 0.389 e. The Bertz CT molecular complexity index is 596. The Balaban J connectivity index is 2.47. The van der Waals surface area contributed by atoms with Crippen molar-refractivity contribution in [2.75, 3.05) is 43.1 Å². The van der Waals surface area contributed by atoms with Gasteiger partial charge in [-0.2, -0.15) is 4.98 Å². The molecule has 0 amide bonds. The van der Waals surface area contributed by atoms with Crippen molar-refractivity contribution in [2.45, 2.75) is 39.1 Å². The van der Waals surface area contributed by atoms with Gasteiger partial charge in [-0.25, -0.2) is 4.98 Å². The molecule has 6 N–H and O–H groups in total. The van der Waals surface area contributed by atoms with E-state index in [1.54, 1.807) is 20.9 Å². The van der Waals surface area contributed by atoms with E-state index in [4.69, 9.17) is 0 Å². The van der Waals surface area contributed by atoms with E-state index in [9.17, 15) is 5.11 Å². The number of amidine groups is 1. The lowest BCUT2D eigenvalue weighted by Crippen LogP contribution is -2.53. The highest BCUT2D eigenvalue weighted by Gasteiger charge is 2.27. The maximum Gasteiger partial charge on any atom is 0.225 e. The number of anilines is 3. The lowest BCUT2D eigenvalue weighted by atomic mass is 10.1. The van der Waals surface area contributed by atoms with Gasteiger partial charge < -0.3 is 26.4 Å². The Hall–Kier alpha value is -2.13. The van der Waals surface area contributed by atoms with Crippen molar-refractivity contribution >= 4 is 23.3 Å². The standard InChI is InChI=1S/C15H28N8O/c1-6-7-18-11-9-10(21-13(16-4)22-11)12(19-8-15(2,3)24)23-14(17-5)20-9/h14,17,20,24H,6-8H2,1-5H3,(H,19,23)(H2,16,18,21,22). The van der Waals surface area contributed by atoms with Crippen LogP contribution in [0.5, 0.6) is 0 Å². The Labute approximate surface area is 142 Å². The quantitative estimate of drug-likeness (QED) is 0.423. The fourth-order valence-electron chi connectivity index (χ4n) is 2.17. The fourth-order valence-corrected chi connectivity index (χ4v) is 2.17. The van der Waals surface area contributed by atoms with E-state index in [2.05, 4.69) is 48.5 Å². The summed E-state index contributed by atoms with van der Waals surface area (Å²) in [4.78, 5) is 13.5. The number of fused-ring (bicyclic) bond motifs is 1. The number of aliphatic hydroxyl groups is 1. The first-order valence-electron chi connectivity index (χ1n) is 8.19. The van der Waals surface area contributed by atoms with Gasteiger partial charge in [-0.1, -0.05) is 6.92 Å². The van der Waals surface area contributed by atoms with Crippen LogP contribution in [0.3, 0.4) is 0 Å². The molecule has 1 aliphatic heterocycles. The predicted molar refractivity (Wildman–Crippen MR) is 97.7 cm³/mol. The van der Waals surface area contributed by atoms with Crippen LogP contribution >= 0.6 is 0 Å². The Morgan fingerprint density at radius 1 is 1.25 bits per heavy atom. The minimum absolute atomic E-state index is 0.204. The molecule has 134 valence electrons. The van der Waals surface area contributed by atoms with Crippen molar-refractivity contribution in [1.29, 1.82) is 0 Å². The van der Waals surface area contributed by atoms with Crippen LogP contribution in [-0.2, 0) is 0 Å². The summed E-state index contributed by atoms with van der Waals surface area (Å²) >= 11 is 0. The first-order chi connectivity index (χ1) is 11.4. The minimum Gasteiger partial charge on any atom is -0.389 e. The third kappa shape index (κ3) is 4.45. The van der Waals surface area contributed by atoms with Crippen LogP contribution in [0.2, 0.25) is 0 Å². The molecule has 0 aliphatic carbocycles. The van der Waals surface area contributed by atoms with Gasteiger partial charge in [-0.3, -0.25) is 10.3 Å². The number of aromatic nitrogens is 2. The van der Waals surface area contributed by atoms with Crippen LogP contribution < -0.4 is 26.6 Å². The van der Waals surface area contributed by atoms with Crippen LogP contribution in [0.1, 0.15) is 32.9 Å². The van der Waals surface area contributed by atoms with E-state index in [1.165, 1.54) is 0 Å². The monoisotopic (exact) mass is 336 g/mol. The Kier molecular flexibility index (Phi) is 5.79. The topological polar surface area (TPSA) is 119 Å². The van der Waals surface area contributed by atoms with Crippen LogP contribution in [0, 0.1) is 0 Å². The highest BCUT2D eigenvalue weighted by Crippen LogP contribution is 2.28. The van der Waals surface area contributed by atoms with Crippen molar-refractivity contribution in [3.8, 4) is 0 Å². The molecule has 24 heavy (non-hydrogen) atoms. The molecule has 0 saturated heterocycles. The van der Waals surface area contributed by atoms with E-state index in [0.717, 1.165) is 24.5 Å². The van der Waals surface area contributed by atoms with E-state index >= 15 is 0 Å². The smallest absolute Gasteiger partial charge is 0.225 e. The van der Waals surface area contributed by atoms with Crippen LogP contribution in [-0.4, -0.2) is 60.0 Å². The predicted octanol–water partition coefficient (Wildman–Crippen LogP) is 0.376. The number of nitrogens with one attached hydrogen (secondary N) is 5. The molecule has 0 saturated carbocycles. The molecule has 1 aromatic rings. The number of hydrogen-bond acceptors (Lipinski definition) is 8. The molecule has 1 atom stereocenters. The van der Waals surface area contributed by atoms with Crippen LogP contribution in [0.25, 0.3) is 0 Å². The molecule has 0 aromatic carbocycles. The zero-order valence-electron chi connectivity index (χ0n) is 15.0. The lowest BCUT2D eigenvalue weighted by molar-refractivity contribution is 0.0903. The number of hydrogen-bond donors (Lipinski definition) is 6. The van der Waals surface area contributed by atoms with Gasteiger partial charge in [-0.15, -0.1) is 0 Å². The Morgan fingerprint density at radius 2 is 2.00 bits per heavy atom. The van der Waals surface area contributed by atoms with Crippen molar-refractivity contribution in [1.82, 2.24) is 20.6 Å². The van der Waals surface area contributed by atoms with Crippen molar-refractivity contribution < 1.29 is 5.11 Å². The highest BCUT2D eigenvalue weighted by molar-refractivity contribution is 6.06. The summed E-state index contributed by atoms with van der Waals surface area (Å²) in [6.07, 6.45) is 0.783. The molecule has 1 aromatic heterocycles. The zero-order chi connectivity index (χ0) is 17.7. The molecule has 1 unspecified atom stereocenters. The molecular formula is C15H28N8O. The summed E-state index contributed by atoms with van der Waals surface area (Å²) in [5.41, 5.74) is 0.565. The molecule has 2 rings (SSSR count). The summed E-state index contributed by atoms with van der Waals surface area (Å²) in [6, 6.07) is 0. The number of aliphatic imine (C=N–C) groups is 1. The first kappa shape index (κ1) is 18.2.